The minimum atomic E-state index is -2.87. The molecule has 0 amide bonds. The highest BCUT2D eigenvalue weighted by molar-refractivity contribution is 6.60. The van der Waals surface area contributed by atoms with Crippen LogP contribution in [0.3, 0.4) is 0 Å². The van der Waals surface area contributed by atoms with Gasteiger partial charge in [0, 0.05) is 34.0 Å². The summed E-state index contributed by atoms with van der Waals surface area (Å²) in [6.07, 6.45) is -1.56. The second kappa shape index (κ2) is 8.12. The molecule has 0 aromatic carbocycles. The van der Waals surface area contributed by atoms with Crippen molar-refractivity contribution in [1.29, 1.82) is 0 Å². The Morgan fingerprint density at radius 3 is 1.94 bits per heavy atom. The van der Waals surface area contributed by atoms with Crippen LogP contribution in [0.5, 0.6) is 0 Å². The molecule has 0 heterocycles. The first-order valence-electron chi connectivity index (χ1n) is 5.18. The molecule has 0 bridgehead atoms. The van der Waals surface area contributed by atoms with Crippen LogP contribution in [0, 0.1) is 0 Å². The lowest BCUT2D eigenvalue weighted by Gasteiger charge is -2.28. The van der Waals surface area contributed by atoms with E-state index in [0.29, 0.717) is 6.61 Å². The van der Waals surface area contributed by atoms with Gasteiger partial charge in [-0.05, 0) is 6.42 Å². The first-order chi connectivity index (χ1) is 7.55. The Morgan fingerprint density at radius 1 is 1.06 bits per heavy atom. The number of hydrogen-bond donors (Lipinski definition) is 2. The molecule has 0 aliphatic rings. The van der Waals surface area contributed by atoms with Gasteiger partial charge >= 0.3 is 8.80 Å². The number of aliphatic hydroxyl groups excluding tert-OH is 2. The van der Waals surface area contributed by atoms with Gasteiger partial charge in [0.2, 0.25) is 0 Å². The summed E-state index contributed by atoms with van der Waals surface area (Å²) in [5, 5.41) is 19.2. The van der Waals surface area contributed by atoms with Crippen LogP contribution in [0.15, 0.2) is 0 Å². The van der Waals surface area contributed by atoms with E-state index in [1.807, 2.05) is 6.92 Å². The predicted octanol–water partition coefficient (Wildman–Crippen LogP) is -0.0296. The van der Waals surface area contributed by atoms with Gasteiger partial charge in [0.15, 0.2) is 6.29 Å². The van der Waals surface area contributed by atoms with Crippen molar-refractivity contribution in [2.24, 2.45) is 0 Å². The van der Waals surface area contributed by atoms with Gasteiger partial charge < -0.3 is 28.2 Å². The molecule has 0 saturated carbocycles. The van der Waals surface area contributed by atoms with E-state index < -0.39 is 21.2 Å². The standard InChI is InChI=1S/C9H22O6Si/c1-5-6-15-9(11)8(10)7-16(12-2,13-3)14-4/h8-11H,5-7H2,1-4H3. The Kier molecular flexibility index (Phi) is 8.11. The predicted molar refractivity (Wildman–Crippen MR) is 59.8 cm³/mol. The van der Waals surface area contributed by atoms with Crippen LogP contribution in [0.25, 0.3) is 0 Å². The molecule has 6 nitrogen and oxygen atoms in total. The molecule has 0 aliphatic carbocycles. The molecular weight excluding hydrogens is 232 g/mol. The largest absolute Gasteiger partial charge is 0.503 e. The fourth-order valence-electron chi connectivity index (χ4n) is 1.21. The van der Waals surface area contributed by atoms with Gasteiger partial charge in [0.25, 0.3) is 0 Å². The lowest BCUT2D eigenvalue weighted by molar-refractivity contribution is -0.158. The van der Waals surface area contributed by atoms with E-state index in [4.69, 9.17) is 18.0 Å². The van der Waals surface area contributed by atoms with Gasteiger partial charge in [-0.3, -0.25) is 0 Å². The van der Waals surface area contributed by atoms with Crippen molar-refractivity contribution in [2.45, 2.75) is 31.8 Å². The second-order valence-electron chi connectivity index (χ2n) is 3.33. The third-order valence-electron chi connectivity index (χ3n) is 2.21. The zero-order chi connectivity index (χ0) is 12.6. The van der Waals surface area contributed by atoms with Gasteiger partial charge in [0.1, 0.15) is 6.10 Å². The van der Waals surface area contributed by atoms with E-state index in [2.05, 4.69) is 0 Å². The molecule has 7 heteroatoms. The van der Waals surface area contributed by atoms with E-state index in [1.54, 1.807) is 0 Å². The SMILES string of the molecule is CCCOC(O)C(O)C[Si](OC)(OC)OC. The highest BCUT2D eigenvalue weighted by Crippen LogP contribution is 2.17. The maximum atomic E-state index is 9.69. The van der Waals surface area contributed by atoms with Crippen molar-refractivity contribution in [2.75, 3.05) is 27.9 Å². The van der Waals surface area contributed by atoms with Crippen LogP contribution in [0.4, 0.5) is 0 Å². The summed E-state index contributed by atoms with van der Waals surface area (Å²) in [7, 11) is 1.48. The Morgan fingerprint density at radius 2 is 1.56 bits per heavy atom. The van der Waals surface area contributed by atoms with E-state index in [1.165, 1.54) is 21.3 Å². The summed E-state index contributed by atoms with van der Waals surface area (Å²) in [5.74, 6) is 0. The minimum Gasteiger partial charge on any atom is -0.388 e. The Labute approximate surface area is 97.5 Å². The van der Waals surface area contributed by atoms with E-state index in [-0.39, 0.29) is 6.04 Å². The molecule has 0 aromatic rings. The molecular formula is C9H22O6Si. The van der Waals surface area contributed by atoms with Crippen LogP contribution in [-0.2, 0) is 18.0 Å². The normalized spacial score (nSPS) is 16.1. The van der Waals surface area contributed by atoms with Gasteiger partial charge in [-0.1, -0.05) is 6.92 Å². The topological polar surface area (TPSA) is 77.4 Å². The number of aliphatic hydroxyl groups is 2. The number of ether oxygens (including phenoxy) is 1. The first kappa shape index (κ1) is 16.0. The molecule has 2 unspecified atom stereocenters. The summed E-state index contributed by atoms with van der Waals surface area (Å²) in [4.78, 5) is 0. The lowest BCUT2D eigenvalue weighted by atomic mass is 10.4. The van der Waals surface area contributed by atoms with Crippen molar-refractivity contribution in [1.82, 2.24) is 0 Å². The summed E-state index contributed by atoms with van der Waals surface area (Å²) in [6, 6.07) is 0.0847. The van der Waals surface area contributed by atoms with Crippen molar-refractivity contribution in [3.8, 4) is 0 Å². The minimum absolute atomic E-state index is 0.0847. The van der Waals surface area contributed by atoms with Crippen LogP contribution < -0.4 is 0 Å². The molecule has 0 saturated heterocycles. The number of hydrogen-bond acceptors (Lipinski definition) is 6. The molecule has 0 radical (unpaired) electrons. The van der Waals surface area contributed by atoms with Crippen LogP contribution in [0.1, 0.15) is 13.3 Å². The van der Waals surface area contributed by atoms with Crippen molar-refractivity contribution >= 4 is 8.80 Å². The Hall–Kier alpha value is -0.0231. The average Bonchev–Trinajstić information content (AvgIpc) is 2.32. The van der Waals surface area contributed by atoms with E-state index in [0.717, 1.165) is 6.42 Å². The van der Waals surface area contributed by atoms with Crippen molar-refractivity contribution in [3.63, 3.8) is 0 Å². The third-order valence-corrected chi connectivity index (χ3v) is 5.00. The smallest absolute Gasteiger partial charge is 0.388 e. The van der Waals surface area contributed by atoms with Crippen LogP contribution in [-0.4, -0.2) is 59.3 Å². The van der Waals surface area contributed by atoms with Gasteiger partial charge in [-0.2, -0.15) is 0 Å². The summed E-state index contributed by atoms with van der Waals surface area (Å²) in [6.45, 7) is 2.30. The highest BCUT2D eigenvalue weighted by atomic mass is 28.4. The van der Waals surface area contributed by atoms with Gasteiger partial charge in [-0.15, -0.1) is 0 Å². The fraction of sp³-hybridized carbons (Fsp3) is 1.00. The van der Waals surface area contributed by atoms with Crippen molar-refractivity contribution in [3.05, 3.63) is 0 Å². The maximum absolute atomic E-state index is 9.69. The molecule has 16 heavy (non-hydrogen) atoms. The van der Waals surface area contributed by atoms with E-state index in [9.17, 15) is 10.2 Å². The molecule has 0 aromatic heterocycles. The van der Waals surface area contributed by atoms with Gasteiger partial charge in [0.05, 0.1) is 0 Å². The summed E-state index contributed by atoms with van der Waals surface area (Å²) < 4.78 is 20.4. The van der Waals surface area contributed by atoms with Crippen LogP contribution in [0.2, 0.25) is 6.04 Å². The molecule has 0 fully saturated rings. The molecule has 2 N–H and O–H groups in total. The molecule has 0 aliphatic heterocycles. The average molecular weight is 254 g/mol. The van der Waals surface area contributed by atoms with Crippen LogP contribution >= 0.6 is 0 Å². The molecule has 98 valence electrons. The number of rotatable bonds is 9. The molecule has 0 spiro atoms. The Balaban J connectivity index is 4.22. The zero-order valence-corrected chi connectivity index (χ0v) is 11.3. The Bertz CT molecular complexity index is 167. The third kappa shape index (κ3) is 4.87. The highest BCUT2D eigenvalue weighted by Gasteiger charge is 2.42. The lowest BCUT2D eigenvalue weighted by Crippen LogP contribution is -2.48. The van der Waals surface area contributed by atoms with E-state index >= 15 is 0 Å². The van der Waals surface area contributed by atoms with Crippen molar-refractivity contribution < 1.29 is 28.2 Å². The quantitative estimate of drug-likeness (QED) is 0.444. The fourth-order valence-corrected chi connectivity index (χ4v) is 2.92. The summed E-state index contributed by atoms with van der Waals surface area (Å²) >= 11 is 0. The van der Waals surface area contributed by atoms with Gasteiger partial charge in [-0.25, -0.2) is 0 Å². The first-order valence-corrected chi connectivity index (χ1v) is 7.11. The molecule has 2 atom stereocenters. The second-order valence-corrected chi connectivity index (χ2v) is 6.33. The maximum Gasteiger partial charge on any atom is 0.503 e. The summed E-state index contributed by atoms with van der Waals surface area (Å²) in [5.41, 5.74) is 0. The molecule has 0 rings (SSSR count). The zero-order valence-electron chi connectivity index (χ0n) is 10.3. The monoisotopic (exact) mass is 254 g/mol.